The molecule has 0 radical (unpaired) electrons. The number of thiazole rings is 1. The number of nitrogens with zero attached hydrogens (tertiary/aromatic N) is 2. The van der Waals surface area contributed by atoms with Crippen molar-refractivity contribution >= 4 is 68.4 Å². The molecule has 0 fully saturated rings. The number of pyridine rings is 1. The third-order valence-electron chi connectivity index (χ3n) is 4.72. The zero-order valence-electron chi connectivity index (χ0n) is 19.0. The fraction of sp³-hybridized carbons (Fsp3) is 0.458. The van der Waals surface area contributed by atoms with Crippen molar-refractivity contribution in [2.45, 2.75) is 67.1 Å². The molecule has 3 rings (SSSR count). The third-order valence-corrected chi connectivity index (χ3v) is 8.77. The second-order valence-corrected chi connectivity index (χ2v) is 12.2. The topological polar surface area (TPSA) is 54.9 Å². The van der Waals surface area contributed by atoms with Gasteiger partial charge in [-0.05, 0) is 49.5 Å². The van der Waals surface area contributed by atoms with Crippen molar-refractivity contribution in [2.24, 2.45) is 0 Å². The molecule has 0 aliphatic rings. The Labute approximate surface area is 208 Å². The summed E-state index contributed by atoms with van der Waals surface area (Å²) in [5, 5.41) is 4.09. The molecule has 1 amide bonds. The summed E-state index contributed by atoms with van der Waals surface area (Å²) in [7, 11) is 0. The molecule has 2 heterocycles. The molecule has 0 aliphatic heterocycles. The first-order valence-corrected chi connectivity index (χ1v) is 14.9. The summed E-state index contributed by atoms with van der Waals surface area (Å²) in [6, 6.07) is 10.4. The Kier molecular flexibility index (Phi) is 10.7. The van der Waals surface area contributed by atoms with Crippen molar-refractivity contribution in [1.82, 2.24) is 9.97 Å². The van der Waals surface area contributed by atoms with Gasteiger partial charge in [0, 0.05) is 22.8 Å². The molecule has 0 bridgehead atoms. The van der Waals surface area contributed by atoms with Crippen LogP contribution in [0.5, 0.6) is 0 Å². The lowest BCUT2D eigenvalue weighted by Crippen LogP contribution is -2.13. The number of aryl methyl sites for hydroxylation is 1. The largest absolute Gasteiger partial charge is 0.323 e. The van der Waals surface area contributed by atoms with Crippen LogP contribution in [0.25, 0.3) is 10.2 Å². The highest BCUT2D eigenvalue weighted by Gasteiger charge is 2.15. The van der Waals surface area contributed by atoms with Gasteiger partial charge >= 0.3 is 0 Å². The summed E-state index contributed by atoms with van der Waals surface area (Å²) in [6.07, 6.45) is 4.85. The molecule has 0 saturated heterocycles. The Bertz CT molecular complexity index is 961. The molecule has 0 atom stereocenters. The van der Waals surface area contributed by atoms with E-state index in [0.29, 0.717) is 6.42 Å². The molecule has 0 spiro atoms. The number of rotatable bonds is 13. The van der Waals surface area contributed by atoms with Crippen molar-refractivity contribution in [3.05, 3.63) is 36.0 Å². The van der Waals surface area contributed by atoms with Gasteiger partial charge in [0.2, 0.25) is 5.91 Å². The van der Waals surface area contributed by atoms with E-state index in [9.17, 15) is 4.79 Å². The smallest absolute Gasteiger partial charge is 0.224 e. The van der Waals surface area contributed by atoms with E-state index < -0.39 is 0 Å². The zero-order chi connectivity index (χ0) is 22.8. The van der Waals surface area contributed by atoms with Gasteiger partial charge in [0.05, 0.1) is 15.9 Å². The molecule has 0 unspecified atom stereocenters. The van der Waals surface area contributed by atoms with Crippen LogP contribution in [0.15, 0.2) is 44.6 Å². The molecule has 172 valence electrons. The van der Waals surface area contributed by atoms with Gasteiger partial charge in [0.25, 0.3) is 0 Å². The quantitative estimate of drug-likeness (QED) is 0.188. The van der Waals surface area contributed by atoms with E-state index in [-0.39, 0.29) is 5.91 Å². The van der Waals surface area contributed by atoms with Crippen LogP contribution in [0.4, 0.5) is 5.69 Å². The van der Waals surface area contributed by atoms with Gasteiger partial charge in [0.1, 0.15) is 5.03 Å². The molecule has 8 heteroatoms. The van der Waals surface area contributed by atoms with Crippen LogP contribution < -0.4 is 5.32 Å². The summed E-state index contributed by atoms with van der Waals surface area (Å²) < 4.78 is 2.41. The highest BCUT2D eigenvalue weighted by molar-refractivity contribution is 8.01. The van der Waals surface area contributed by atoms with E-state index in [2.05, 4.69) is 53.4 Å². The first kappa shape index (κ1) is 25.4. The second kappa shape index (κ2) is 13.5. The van der Waals surface area contributed by atoms with Gasteiger partial charge in [-0.2, -0.15) is 0 Å². The summed E-state index contributed by atoms with van der Waals surface area (Å²) >= 11 is 7.06. The van der Waals surface area contributed by atoms with Gasteiger partial charge in [-0.25, -0.2) is 9.97 Å². The number of carbonyl (C=O) groups excluding carboxylic acids is 1. The number of hydrogen-bond donors (Lipinski definition) is 1. The minimum Gasteiger partial charge on any atom is -0.323 e. The lowest BCUT2D eigenvalue weighted by Gasteiger charge is -2.15. The maximum absolute atomic E-state index is 12.6. The van der Waals surface area contributed by atoms with Crippen LogP contribution in [0, 0.1) is 6.92 Å². The molecule has 1 N–H and O–H groups in total. The van der Waals surface area contributed by atoms with Crippen molar-refractivity contribution < 1.29 is 4.79 Å². The number of amides is 1. The first-order valence-electron chi connectivity index (χ1n) is 11.2. The van der Waals surface area contributed by atoms with Gasteiger partial charge in [-0.1, -0.05) is 50.6 Å². The van der Waals surface area contributed by atoms with Crippen LogP contribution in [0.3, 0.4) is 0 Å². The van der Waals surface area contributed by atoms with Crippen LogP contribution in [-0.2, 0) is 4.79 Å². The molecule has 4 nitrogen and oxygen atoms in total. The summed E-state index contributed by atoms with van der Waals surface area (Å²) in [5.41, 5.74) is 2.99. The number of aromatic nitrogens is 2. The van der Waals surface area contributed by atoms with E-state index >= 15 is 0 Å². The molecule has 32 heavy (non-hydrogen) atoms. The minimum atomic E-state index is 0.0930. The number of nitrogens with one attached hydrogen (secondary N) is 1. The lowest BCUT2D eigenvalue weighted by atomic mass is 10.1. The summed E-state index contributed by atoms with van der Waals surface area (Å²) in [5.74, 6) is 3.08. The van der Waals surface area contributed by atoms with Crippen molar-refractivity contribution in [1.29, 1.82) is 0 Å². The SMILES string of the molecule is CCSc1cc(C)nc(SCC)c1NC(=O)CCCCCCSc1nc2ccccc2s1. The van der Waals surface area contributed by atoms with E-state index in [1.165, 1.54) is 4.70 Å². The monoisotopic (exact) mass is 505 g/mol. The zero-order valence-corrected chi connectivity index (χ0v) is 22.2. The number of thioether (sulfide) groups is 3. The predicted molar refractivity (Wildman–Crippen MR) is 144 cm³/mol. The number of para-hydroxylation sites is 1. The van der Waals surface area contributed by atoms with Gasteiger partial charge < -0.3 is 5.32 Å². The lowest BCUT2D eigenvalue weighted by molar-refractivity contribution is -0.116. The van der Waals surface area contributed by atoms with Gasteiger partial charge in [0.15, 0.2) is 4.34 Å². The fourth-order valence-corrected chi connectivity index (χ4v) is 7.10. The van der Waals surface area contributed by atoms with Crippen molar-refractivity contribution in [3.63, 3.8) is 0 Å². The normalized spacial score (nSPS) is 11.2. The fourth-order valence-electron chi connectivity index (χ4n) is 3.26. The van der Waals surface area contributed by atoms with E-state index in [0.717, 1.165) is 74.1 Å². The van der Waals surface area contributed by atoms with E-state index in [4.69, 9.17) is 0 Å². The highest BCUT2D eigenvalue weighted by Crippen LogP contribution is 2.35. The Morgan fingerprint density at radius 1 is 1.00 bits per heavy atom. The number of hydrogen-bond acceptors (Lipinski definition) is 7. The maximum atomic E-state index is 12.6. The molecular weight excluding hydrogens is 475 g/mol. The molecular formula is C24H31N3OS4. The third kappa shape index (κ3) is 7.68. The molecule has 0 aliphatic carbocycles. The average Bonchev–Trinajstić information content (AvgIpc) is 3.18. The van der Waals surface area contributed by atoms with E-state index in [1.807, 2.05) is 24.8 Å². The molecule has 1 aromatic carbocycles. The summed E-state index contributed by atoms with van der Waals surface area (Å²) in [6.45, 7) is 6.26. The number of unbranched alkanes of at least 4 members (excludes halogenated alkanes) is 3. The average molecular weight is 506 g/mol. The minimum absolute atomic E-state index is 0.0930. The second-order valence-electron chi connectivity index (χ2n) is 7.32. The van der Waals surface area contributed by atoms with Crippen molar-refractivity contribution in [3.8, 4) is 0 Å². The Balaban J connectivity index is 1.38. The number of benzene rings is 1. The predicted octanol–water partition coefficient (Wildman–Crippen LogP) is 7.91. The van der Waals surface area contributed by atoms with Crippen LogP contribution in [0.2, 0.25) is 0 Å². The van der Waals surface area contributed by atoms with Gasteiger partial charge in [-0.15, -0.1) is 34.9 Å². The Morgan fingerprint density at radius 2 is 1.78 bits per heavy atom. The first-order chi connectivity index (χ1) is 15.6. The molecule has 0 saturated carbocycles. The van der Waals surface area contributed by atoms with Crippen LogP contribution in [0.1, 0.15) is 51.6 Å². The van der Waals surface area contributed by atoms with Crippen LogP contribution >= 0.6 is 46.6 Å². The standard InChI is InChI=1S/C24H31N3OS4/c1-4-29-20-16-17(3)25-23(30-5-2)22(20)27-21(28)14-8-6-7-11-15-31-24-26-18-12-9-10-13-19(18)32-24/h9-10,12-13,16H,4-8,11,14-15H2,1-3H3,(H,27,28). The molecule has 2 aromatic heterocycles. The number of anilines is 1. The molecule has 3 aromatic rings. The van der Waals surface area contributed by atoms with Gasteiger partial charge in [-0.3, -0.25) is 4.79 Å². The van der Waals surface area contributed by atoms with E-state index in [1.54, 1.807) is 34.9 Å². The number of fused-ring (bicyclic) bond motifs is 1. The highest BCUT2D eigenvalue weighted by atomic mass is 32.2. The van der Waals surface area contributed by atoms with Crippen molar-refractivity contribution in [2.75, 3.05) is 22.6 Å². The Morgan fingerprint density at radius 3 is 2.56 bits per heavy atom. The Hall–Kier alpha value is -1.22. The van der Waals surface area contributed by atoms with Crippen LogP contribution in [-0.4, -0.2) is 33.1 Å². The maximum Gasteiger partial charge on any atom is 0.224 e. The summed E-state index contributed by atoms with van der Waals surface area (Å²) in [4.78, 5) is 23.1. The number of carbonyl (C=O) groups is 1.